The third-order valence-electron chi connectivity index (χ3n) is 3.88. The smallest absolute Gasteiger partial charge is 0.240 e. The molecule has 0 radical (unpaired) electrons. The van der Waals surface area contributed by atoms with Crippen LogP contribution in [0.5, 0.6) is 5.75 Å². The van der Waals surface area contributed by atoms with E-state index in [1.807, 2.05) is 31.2 Å². The molecule has 112 valence electrons. The molecule has 0 aromatic heterocycles. The fourth-order valence-corrected chi connectivity index (χ4v) is 2.60. The standard InChI is InChI=1S/C16H21N3O2/c1-3-13(12-17)16(20)19-10-8-18(9-11-19)14-6-4-5-7-15(14)21-2/h4-7,13H,3,8-11H2,1-2H3. The molecule has 2 rings (SSSR count). The van der Waals surface area contributed by atoms with Crippen molar-refractivity contribution in [1.29, 1.82) is 5.26 Å². The number of hydrogen-bond donors (Lipinski definition) is 0. The molecule has 1 saturated heterocycles. The van der Waals surface area contributed by atoms with Gasteiger partial charge in [-0.15, -0.1) is 0 Å². The summed E-state index contributed by atoms with van der Waals surface area (Å²) < 4.78 is 5.38. The Balaban J connectivity index is 2.00. The van der Waals surface area contributed by atoms with E-state index in [0.29, 0.717) is 19.5 Å². The van der Waals surface area contributed by atoms with Crippen molar-refractivity contribution >= 4 is 11.6 Å². The van der Waals surface area contributed by atoms with Crippen molar-refractivity contribution in [3.8, 4) is 11.8 Å². The van der Waals surface area contributed by atoms with E-state index in [1.54, 1.807) is 12.0 Å². The minimum absolute atomic E-state index is 0.0420. The Morgan fingerprint density at radius 2 is 2.00 bits per heavy atom. The van der Waals surface area contributed by atoms with Gasteiger partial charge < -0.3 is 14.5 Å². The highest BCUT2D eigenvalue weighted by Gasteiger charge is 2.27. The maximum Gasteiger partial charge on any atom is 0.240 e. The predicted molar refractivity (Wildman–Crippen MR) is 81.2 cm³/mol. The monoisotopic (exact) mass is 287 g/mol. The summed E-state index contributed by atoms with van der Waals surface area (Å²) in [6, 6.07) is 9.98. The van der Waals surface area contributed by atoms with Gasteiger partial charge in [-0.2, -0.15) is 5.26 Å². The number of nitrogens with zero attached hydrogens (tertiary/aromatic N) is 3. The van der Waals surface area contributed by atoms with E-state index in [4.69, 9.17) is 10.00 Å². The second-order valence-corrected chi connectivity index (χ2v) is 5.07. The Bertz CT molecular complexity index is 531. The molecule has 1 aliphatic rings. The highest BCUT2D eigenvalue weighted by Crippen LogP contribution is 2.28. The lowest BCUT2D eigenvalue weighted by Gasteiger charge is -2.37. The van der Waals surface area contributed by atoms with Gasteiger partial charge in [0.15, 0.2) is 0 Å². The average molecular weight is 287 g/mol. The Labute approximate surface area is 125 Å². The minimum Gasteiger partial charge on any atom is -0.495 e. The zero-order chi connectivity index (χ0) is 15.2. The minimum atomic E-state index is -0.511. The number of rotatable bonds is 4. The Morgan fingerprint density at radius 1 is 1.33 bits per heavy atom. The first-order chi connectivity index (χ1) is 10.2. The van der Waals surface area contributed by atoms with Crippen molar-refractivity contribution in [2.45, 2.75) is 13.3 Å². The molecular formula is C16H21N3O2. The summed E-state index contributed by atoms with van der Waals surface area (Å²) in [7, 11) is 1.66. The van der Waals surface area contributed by atoms with Crippen molar-refractivity contribution < 1.29 is 9.53 Å². The van der Waals surface area contributed by atoms with E-state index >= 15 is 0 Å². The number of benzene rings is 1. The van der Waals surface area contributed by atoms with E-state index in [0.717, 1.165) is 24.5 Å². The van der Waals surface area contributed by atoms with Crippen LogP contribution < -0.4 is 9.64 Å². The third-order valence-corrected chi connectivity index (χ3v) is 3.88. The number of amides is 1. The van der Waals surface area contributed by atoms with Gasteiger partial charge in [0.2, 0.25) is 5.91 Å². The largest absolute Gasteiger partial charge is 0.495 e. The van der Waals surface area contributed by atoms with Crippen molar-refractivity contribution in [3.05, 3.63) is 24.3 Å². The molecule has 5 heteroatoms. The van der Waals surface area contributed by atoms with E-state index in [-0.39, 0.29) is 5.91 Å². The SMILES string of the molecule is CCC(C#N)C(=O)N1CCN(c2ccccc2OC)CC1. The van der Waals surface area contributed by atoms with Crippen molar-refractivity contribution in [1.82, 2.24) is 4.90 Å². The maximum absolute atomic E-state index is 12.2. The lowest BCUT2D eigenvalue weighted by atomic mass is 10.1. The highest BCUT2D eigenvalue weighted by atomic mass is 16.5. The Morgan fingerprint density at radius 3 is 2.57 bits per heavy atom. The van der Waals surface area contributed by atoms with Gasteiger partial charge in [-0.1, -0.05) is 19.1 Å². The molecule has 1 aromatic carbocycles. The van der Waals surface area contributed by atoms with Gasteiger partial charge in [-0.25, -0.2) is 0 Å². The van der Waals surface area contributed by atoms with Crippen LogP contribution in [0.25, 0.3) is 0 Å². The topological polar surface area (TPSA) is 56.6 Å². The number of carbonyl (C=O) groups is 1. The molecule has 5 nitrogen and oxygen atoms in total. The van der Waals surface area contributed by atoms with E-state index in [1.165, 1.54) is 0 Å². The highest BCUT2D eigenvalue weighted by molar-refractivity contribution is 5.81. The molecule has 1 atom stereocenters. The number of nitriles is 1. The predicted octanol–water partition coefficient (Wildman–Crippen LogP) is 1.89. The molecule has 0 bridgehead atoms. The molecule has 0 spiro atoms. The maximum atomic E-state index is 12.2. The normalized spacial score (nSPS) is 16.2. The molecule has 0 aliphatic carbocycles. The third kappa shape index (κ3) is 3.27. The van der Waals surface area contributed by atoms with Crippen LogP contribution >= 0.6 is 0 Å². The molecular weight excluding hydrogens is 266 g/mol. The van der Waals surface area contributed by atoms with E-state index < -0.39 is 5.92 Å². The molecule has 1 fully saturated rings. The van der Waals surface area contributed by atoms with Gasteiger partial charge in [0.1, 0.15) is 11.7 Å². The second kappa shape index (κ2) is 6.98. The molecule has 1 amide bonds. The quantitative estimate of drug-likeness (QED) is 0.848. The number of piperazine rings is 1. The van der Waals surface area contributed by atoms with Crippen molar-refractivity contribution in [2.75, 3.05) is 38.2 Å². The van der Waals surface area contributed by atoms with Crippen LogP contribution in [0.1, 0.15) is 13.3 Å². The average Bonchev–Trinajstić information content (AvgIpc) is 2.56. The van der Waals surface area contributed by atoms with Crippen LogP contribution in [-0.2, 0) is 4.79 Å². The summed E-state index contributed by atoms with van der Waals surface area (Å²) >= 11 is 0. The fourth-order valence-electron chi connectivity index (χ4n) is 2.60. The molecule has 0 saturated carbocycles. The van der Waals surface area contributed by atoms with Gasteiger partial charge in [0.25, 0.3) is 0 Å². The number of para-hydroxylation sites is 2. The van der Waals surface area contributed by atoms with Gasteiger partial charge >= 0.3 is 0 Å². The van der Waals surface area contributed by atoms with E-state index in [9.17, 15) is 4.79 Å². The van der Waals surface area contributed by atoms with Gasteiger partial charge in [-0.05, 0) is 18.6 Å². The van der Waals surface area contributed by atoms with Gasteiger partial charge in [-0.3, -0.25) is 4.79 Å². The van der Waals surface area contributed by atoms with Crippen molar-refractivity contribution in [2.24, 2.45) is 5.92 Å². The summed E-state index contributed by atoms with van der Waals surface area (Å²) in [5.74, 6) is 0.295. The Kier molecular flexibility index (Phi) is 5.04. The first-order valence-corrected chi connectivity index (χ1v) is 7.27. The summed E-state index contributed by atoms with van der Waals surface area (Å²) in [5, 5.41) is 9.00. The summed E-state index contributed by atoms with van der Waals surface area (Å²) in [6.45, 7) is 4.68. The lowest BCUT2D eigenvalue weighted by Crippen LogP contribution is -2.50. The van der Waals surface area contributed by atoms with Crippen molar-refractivity contribution in [3.63, 3.8) is 0 Å². The number of methoxy groups -OCH3 is 1. The van der Waals surface area contributed by atoms with Crippen LogP contribution in [0.2, 0.25) is 0 Å². The number of hydrogen-bond acceptors (Lipinski definition) is 4. The molecule has 0 N–H and O–H groups in total. The summed E-state index contributed by atoms with van der Waals surface area (Å²) in [5.41, 5.74) is 1.06. The van der Waals surface area contributed by atoms with Crippen LogP contribution in [0.3, 0.4) is 0 Å². The first kappa shape index (κ1) is 15.2. The van der Waals surface area contributed by atoms with Crippen LogP contribution in [-0.4, -0.2) is 44.1 Å². The molecule has 1 aliphatic heterocycles. The zero-order valence-electron chi connectivity index (χ0n) is 12.6. The van der Waals surface area contributed by atoms with Crippen LogP contribution in [0, 0.1) is 17.2 Å². The number of ether oxygens (including phenoxy) is 1. The lowest BCUT2D eigenvalue weighted by molar-refractivity contribution is -0.134. The molecule has 1 unspecified atom stereocenters. The van der Waals surface area contributed by atoms with E-state index in [2.05, 4.69) is 11.0 Å². The fraction of sp³-hybridized carbons (Fsp3) is 0.500. The number of anilines is 1. The van der Waals surface area contributed by atoms with Gasteiger partial charge in [0.05, 0.1) is 18.9 Å². The van der Waals surface area contributed by atoms with Gasteiger partial charge in [0, 0.05) is 26.2 Å². The second-order valence-electron chi connectivity index (χ2n) is 5.07. The number of carbonyl (C=O) groups excluding carboxylic acids is 1. The molecule has 1 heterocycles. The molecule has 1 aromatic rings. The Hall–Kier alpha value is -2.22. The summed E-state index contributed by atoms with van der Waals surface area (Å²) in [4.78, 5) is 16.2. The van der Waals surface area contributed by atoms with Crippen LogP contribution in [0.4, 0.5) is 5.69 Å². The van der Waals surface area contributed by atoms with Crippen LogP contribution in [0.15, 0.2) is 24.3 Å². The molecule has 21 heavy (non-hydrogen) atoms. The zero-order valence-corrected chi connectivity index (χ0v) is 12.6. The summed E-state index contributed by atoms with van der Waals surface area (Å²) in [6.07, 6.45) is 0.571. The first-order valence-electron chi connectivity index (χ1n) is 7.27.